The molecule has 0 aliphatic heterocycles. The van der Waals surface area contributed by atoms with E-state index in [4.69, 9.17) is 5.11 Å². The summed E-state index contributed by atoms with van der Waals surface area (Å²) < 4.78 is 1.59. The molecule has 2 aromatic heterocycles. The molecule has 0 aliphatic carbocycles. The Balaban J connectivity index is 2.16. The maximum absolute atomic E-state index is 11.0. The Labute approximate surface area is 103 Å². The van der Waals surface area contributed by atoms with Crippen LogP contribution < -0.4 is 0 Å². The number of aromatic carboxylic acids is 1. The van der Waals surface area contributed by atoms with Gasteiger partial charge in [-0.3, -0.25) is 0 Å². The van der Waals surface area contributed by atoms with E-state index < -0.39 is 5.97 Å². The second-order valence-corrected chi connectivity index (χ2v) is 3.98. The summed E-state index contributed by atoms with van der Waals surface area (Å²) >= 11 is 0. The highest BCUT2D eigenvalue weighted by atomic mass is 16.4. The Morgan fingerprint density at radius 1 is 1.06 bits per heavy atom. The molecular weight excluding hydrogens is 228 g/mol. The van der Waals surface area contributed by atoms with Gasteiger partial charge in [0.1, 0.15) is 5.56 Å². The molecule has 0 saturated heterocycles. The van der Waals surface area contributed by atoms with Crippen LogP contribution in [0.2, 0.25) is 0 Å². The lowest BCUT2D eigenvalue weighted by Crippen LogP contribution is -1.95. The van der Waals surface area contributed by atoms with Gasteiger partial charge >= 0.3 is 5.97 Å². The number of benzene rings is 1. The molecule has 3 rings (SSSR count). The Morgan fingerprint density at radius 3 is 2.56 bits per heavy atom. The average molecular weight is 238 g/mol. The minimum absolute atomic E-state index is 0.217. The van der Waals surface area contributed by atoms with Crippen molar-refractivity contribution < 1.29 is 9.90 Å². The van der Waals surface area contributed by atoms with Gasteiger partial charge in [0.2, 0.25) is 0 Å². The van der Waals surface area contributed by atoms with Gasteiger partial charge in [0.25, 0.3) is 0 Å². The number of hydrogen-bond acceptors (Lipinski definition) is 2. The number of fused-ring (bicyclic) bond motifs is 1. The number of pyridine rings is 1. The smallest absolute Gasteiger partial charge is 0.339 e. The van der Waals surface area contributed by atoms with E-state index in [0.717, 1.165) is 11.1 Å². The number of nitrogens with zero attached hydrogens (tertiary/aromatic N) is 2. The fourth-order valence-electron chi connectivity index (χ4n) is 1.95. The van der Waals surface area contributed by atoms with Gasteiger partial charge in [0, 0.05) is 11.8 Å². The van der Waals surface area contributed by atoms with Gasteiger partial charge in [0.15, 0.2) is 0 Å². The van der Waals surface area contributed by atoms with Gasteiger partial charge in [-0.15, -0.1) is 0 Å². The fraction of sp³-hybridized carbons (Fsp3) is 0. The zero-order chi connectivity index (χ0) is 12.5. The van der Waals surface area contributed by atoms with Gasteiger partial charge in [0.05, 0.1) is 11.7 Å². The number of aromatic nitrogens is 2. The number of hydrogen-bond donors (Lipinski definition) is 1. The molecular formula is C14H10N2O2. The first-order valence-electron chi connectivity index (χ1n) is 5.52. The molecule has 0 fully saturated rings. The van der Waals surface area contributed by atoms with E-state index in [1.165, 1.54) is 6.20 Å². The lowest BCUT2D eigenvalue weighted by Gasteiger charge is -2.02. The minimum atomic E-state index is -0.961. The normalized spacial score (nSPS) is 10.7. The standard InChI is InChI=1S/C14H10N2O2/c17-14(18)12-8-15-16-9-11(6-7-13(12)16)10-4-2-1-3-5-10/h1-9H,(H,17,18). The molecule has 18 heavy (non-hydrogen) atoms. The lowest BCUT2D eigenvalue weighted by atomic mass is 10.1. The molecule has 1 aromatic carbocycles. The van der Waals surface area contributed by atoms with Crippen LogP contribution in [0.4, 0.5) is 0 Å². The minimum Gasteiger partial charge on any atom is -0.478 e. The van der Waals surface area contributed by atoms with Crippen molar-refractivity contribution in [3.8, 4) is 11.1 Å². The van der Waals surface area contributed by atoms with Crippen LogP contribution in [0.3, 0.4) is 0 Å². The summed E-state index contributed by atoms with van der Waals surface area (Å²) in [6.07, 6.45) is 3.20. The topological polar surface area (TPSA) is 54.6 Å². The summed E-state index contributed by atoms with van der Waals surface area (Å²) in [5, 5.41) is 13.1. The lowest BCUT2D eigenvalue weighted by molar-refractivity contribution is 0.0699. The van der Waals surface area contributed by atoms with Crippen LogP contribution in [-0.4, -0.2) is 20.7 Å². The quantitative estimate of drug-likeness (QED) is 0.746. The Hall–Kier alpha value is -2.62. The van der Waals surface area contributed by atoms with Crippen molar-refractivity contribution in [2.75, 3.05) is 0 Å². The molecule has 1 N–H and O–H groups in total. The Morgan fingerprint density at radius 2 is 1.83 bits per heavy atom. The van der Waals surface area contributed by atoms with Crippen molar-refractivity contribution in [1.82, 2.24) is 9.61 Å². The van der Waals surface area contributed by atoms with Crippen LogP contribution in [0.25, 0.3) is 16.6 Å². The molecule has 4 heteroatoms. The van der Waals surface area contributed by atoms with Gasteiger partial charge in [-0.05, 0) is 11.6 Å². The first-order chi connectivity index (χ1) is 8.75. The number of carboxylic acids is 1. The highest BCUT2D eigenvalue weighted by Crippen LogP contribution is 2.20. The molecule has 0 bridgehead atoms. The van der Waals surface area contributed by atoms with E-state index in [0.29, 0.717) is 5.52 Å². The van der Waals surface area contributed by atoms with Crippen LogP contribution in [0.5, 0.6) is 0 Å². The molecule has 3 aromatic rings. The first-order valence-corrected chi connectivity index (χ1v) is 5.52. The fourth-order valence-corrected chi connectivity index (χ4v) is 1.95. The largest absolute Gasteiger partial charge is 0.478 e. The van der Waals surface area contributed by atoms with E-state index in [-0.39, 0.29) is 5.56 Å². The molecule has 0 unspecified atom stereocenters. The van der Waals surface area contributed by atoms with E-state index in [9.17, 15) is 4.79 Å². The molecule has 88 valence electrons. The zero-order valence-electron chi connectivity index (χ0n) is 9.45. The van der Waals surface area contributed by atoms with Crippen LogP contribution in [0.15, 0.2) is 54.9 Å². The summed E-state index contributed by atoms with van der Waals surface area (Å²) in [6.45, 7) is 0. The molecule has 0 saturated carbocycles. The number of carbonyl (C=O) groups is 1. The monoisotopic (exact) mass is 238 g/mol. The molecule has 0 amide bonds. The summed E-state index contributed by atoms with van der Waals surface area (Å²) in [5.74, 6) is -0.961. The molecule has 0 radical (unpaired) electrons. The predicted octanol–water partition coefficient (Wildman–Crippen LogP) is 2.70. The maximum atomic E-state index is 11.0. The first kappa shape index (κ1) is 10.5. The van der Waals surface area contributed by atoms with E-state index in [2.05, 4.69) is 5.10 Å². The van der Waals surface area contributed by atoms with E-state index in [1.54, 1.807) is 10.6 Å². The van der Waals surface area contributed by atoms with Crippen molar-refractivity contribution in [2.45, 2.75) is 0 Å². The molecule has 2 heterocycles. The second-order valence-electron chi connectivity index (χ2n) is 3.98. The molecule has 0 spiro atoms. The average Bonchev–Trinajstić information content (AvgIpc) is 2.82. The van der Waals surface area contributed by atoms with Crippen molar-refractivity contribution >= 4 is 11.5 Å². The van der Waals surface area contributed by atoms with E-state index >= 15 is 0 Å². The third-order valence-corrected chi connectivity index (χ3v) is 2.85. The predicted molar refractivity (Wildman–Crippen MR) is 67.6 cm³/mol. The molecule has 0 atom stereocenters. The van der Waals surface area contributed by atoms with Crippen molar-refractivity contribution in [3.63, 3.8) is 0 Å². The summed E-state index contributed by atoms with van der Waals surface area (Å²) in [4.78, 5) is 11.0. The van der Waals surface area contributed by atoms with Gasteiger partial charge in [-0.1, -0.05) is 36.4 Å². The van der Waals surface area contributed by atoms with Crippen LogP contribution >= 0.6 is 0 Å². The van der Waals surface area contributed by atoms with Crippen LogP contribution in [-0.2, 0) is 0 Å². The van der Waals surface area contributed by atoms with Crippen molar-refractivity contribution in [1.29, 1.82) is 0 Å². The van der Waals surface area contributed by atoms with Crippen molar-refractivity contribution in [2.24, 2.45) is 0 Å². The van der Waals surface area contributed by atoms with Gasteiger partial charge in [-0.25, -0.2) is 9.31 Å². The number of rotatable bonds is 2. The SMILES string of the molecule is O=C(O)c1cnn2cc(-c3ccccc3)ccc12. The Kier molecular flexibility index (Phi) is 2.34. The summed E-state index contributed by atoms with van der Waals surface area (Å²) in [6, 6.07) is 13.6. The van der Waals surface area contributed by atoms with Gasteiger partial charge in [-0.2, -0.15) is 5.10 Å². The number of carboxylic acid groups (broad SMARTS) is 1. The summed E-state index contributed by atoms with van der Waals surface area (Å²) in [7, 11) is 0. The van der Waals surface area contributed by atoms with Gasteiger partial charge < -0.3 is 5.11 Å². The molecule has 0 aliphatic rings. The highest BCUT2D eigenvalue weighted by Gasteiger charge is 2.11. The maximum Gasteiger partial charge on any atom is 0.339 e. The summed E-state index contributed by atoms with van der Waals surface area (Å²) in [5.41, 5.74) is 2.90. The Bertz CT molecular complexity index is 717. The highest BCUT2D eigenvalue weighted by molar-refractivity contribution is 5.95. The third kappa shape index (κ3) is 1.64. The van der Waals surface area contributed by atoms with E-state index in [1.807, 2.05) is 42.6 Å². The molecule has 4 nitrogen and oxygen atoms in total. The third-order valence-electron chi connectivity index (χ3n) is 2.85. The second kappa shape index (κ2) is 4.00. The van der Waals surface area contributed by atoms with Crippen LogP contribution in [0, 0.1) is 0 Å². The van der Waals surface area contributed by atoms with Crippen LogP contribution in [0.1, 0.15) is 10.4 Å². The zero-order valence-corrected chi connectivity index (χ0v) is 9.45. The van der Waals surface area contributed by atoms with Crippen molar-refractivity contribution in [3.05, 3.63) is 60.4 Å².